The molecule has 0 atom stereocenters. The SMILES string of the molecule is O=C1OCCOC(=O)c2c3cccc2CSc2ccc(cc2)-c2cccc(c2)-c2ccc(cc2)SCc2cccc(c21)CSCc1ccc(cc1)-c1cccc(c1)-c1ccc(cc1)CSC3. The molecule has 66 heavy (non-hydrogen) atoms. The number of thioether (sulfide) groups is 4. The van der Waals surface area contributed by atoms with Gasteiger partial charge in [0.1, 0.15) is 13.2 Å². The van der Waals surface area contributed by atoms with Crippen LogP contribution in [0, 0.1) is 0 Å². The molecule has 8 heteroatoms. The van der Waals surface area contributed by atoms with Crippen LogP contribution >= 0.6 is 47.0 Å². The molecule has 8 aromatic rings. The molecule has 0 saturated heterocycles. The minimum Gasteiger partial charge on any atom is -0.458 e. The Kier molecular flexibility index (Phi) is 13.8. The Morgan fingerprint density at radius 3 is 1.00 bits per heavy atom. The lowest BCUT2D eigenvalue weighted by Gasteiger charge is -2.16. The normalized spacial score (nSPS) is 14.5. The molecular formula is C58H46O4S4. The summed E-state index contributed by atoms with van der Waals surface area (Å²) in [4.78, 5) is 30.6. The van der Waals surface area contributed by atoms with Crippen LogP contribution in [0.25, 0.3) is 44.5 Å². The summed E-state index contributed by atoms with van der Waals surface area (Å²) in [7, 11) is 0. The third-order valence-corrected chi connectivity index (χ3v) is 16.2. The third kappa shape index (κ3) is 10.4. The molecule has 326 valence electrons. The summed E-state index contributed by atoms with van der Waals surface area (Å²) in [5.41, 5.74) is 16.6. The van der Waals surface area contributed by atoms with Gasteiger partial charge in [-0.15, -0.1) is 23.5 Å². The Balaban J connectivity index is 1.01. The second-order valence-corrected chi connectivity index (χ2v) is 20.4. The quantitative estimate of drug-likeness (QED) is 0.139. The molecule has 0 aliphatic carbocycles. The van der Waals surface area contributed by atoms with E-state index in [1.165, 1.54) is 33.4 Å². The lowest BCUT2D eigenvalue weighted by atomic mass is 9.98. The highest BCUT2D eigenvalue weighted by Crippen LogP contribution is 2.35. The molecule has 0 fully saturated rings. The topological polar surface area (TPSA) is 52.6 Å². The van der Waals surface area contributed by atoms with E-state index in [1.807, 2.05) is 36.4 Å². The largest absolute Gasteiger partial charge is 0.458 e. The molecule has 0 amide bonds. The fraction of sp³-hybridized carbons (Fsp3) is 0.138. The molecule has 0 unspecified atom stereocenters. The molecule has 0 spiro atoms. The minimum atomic E-state index is -0.407. The molecule has 0 N–H and O–H groups in total. The van der Waals surface area contributed by atoms with Gasteiger partial charge < -0.3 is 9.47 Å². The van der Waals surface area contributed by atoms with Gasteiger partial charge in [0.15, 0.2) is 0 Å². The van der Waals surface area contributed by atoms with Gasteiger partial charge in [0, 0.05) is 44.3 Å². The standard InChI is InChI=1S/C58H46O4S4/c59-57-55-49-9-3-11-51(55)37-65-53-25-21-43(22-26-53)47-7-2-8-48(32-47)44-23-27-54(28-24-44)66-38-52-12-4-10-50(56(52)58(60)62-30-29-61-57)36-64-34-40-15-19-42(20-16-40)46-6-1-5-45(31-46)41-17-13-39(14-18-41)33-63-35-49/h1-28,31-32H,29-30,33-38H2. The summed E-state index contributed by atoms with van der Waals surface area (Å²) in [6.07, 6.45) is 0. The summed E-state index contributed by atoms with van der Waals surface area (Å²) in [5.74, 6) is 3.21. The first kappa shape index (κ1) is 44.0. The zero-order chi connectivity index (χ0) is 44.7. The predicted octanol–water partition coefficient (Wildman–Crippen LogP) is 15.4. The number of ether oxygens (including phenoxy) is 2. The molecule has 0 radical (unpaired) electrons. The van der Waals surface area contributed by atoms with Crippen molar-refractivity contribution in [2.24, 2.45) is 0 Å². The van der Waals surface area contributed by atoms with Crippen LogP contribution in [-0.2, 0) is 44.0 Å². The van der Waals surface area contributed by atoms with Crippen LogP contribution < -0.4 is 0 Å². The molecule has 6 heterocycles. The van der Waals surface area contributed by atoms with Crippen molar-refractivity contribution in [2.45, 2.75) is 44.3 Å². The van der Waals surface area contributed by atoms with Crippen molar-refractivity contribution < 1.29 is 19.1 Å². The fourth-order valence-electron chi connectivity index (χ4n) is 8.44. The maximum absolute atomic E-state index is 14.2. The monoisotopic (exact) mass is 934 g/mol. The Hall–Kier alpha value is -5.90. The molecule has 4 nitrogen and oxygen atoms in total. The average molecular weight is 935 g/mol. The minimum absolute atomic E-state index is 0.0565. The van der Waals surface area contributed by atoms with E-state index in [0.29, 0.717) is 34.1 Å². The number of hydrogen-bond donors (Lipinski definition) is 0. The van der Waals surface area contributed by atoms with Gasteiger partial charge in [0.25, 0.3) is 0 Å². The number of carbonyl (C=O) groups is 2. The molecule has 6 aliphatic heterocycles. The summed E-state index contributed by atoms with van der Waals surface area (Å²) >= 11 is 6.94. The van der Waals surface area contributed by atoms with E-state index in [4.69, 9.17) is 9.47 Å². The van der Waals surface area contributed by atoms with Gasteiger partial charge in [-0.1, -0.05) is 146 Å². The van der Waals surface area contributed by atoms with Crippen molar-refractivity contribution in [3.05, 3.63) is 226 Å². The zero-order valence-electron chi connectivity index (χ0n) is 36.2. The highest BCUT2D eigenvalue weighted by atomic mass is 32.2. The smallest absolute Gasteiger partial charge is 0.338 e. The van der Waals surface area contributed by atoms with Crippen LogP contribution in [0.4, 0.5) is 0 Å². The van der Waals surface area contributed by atoms with Gasteiger partial charge >= 0.3 is 11.9 Å². The highest BCUT2D eigenvalue weighted by Gasteiger charge is 2.22. The van der Waals surface area contributed by atoms with Crippen molar-refractivity contribution in [2.75, 3.05) is 13.2 Å². The number of hydrogen-bond acceptors (Lipinski definition) is 8. The number of fused-ring (bicyclic) bond motifs is 4. The molecule has 0 aromatic heterocycles. The summed E-state index contributed by atoms with van der Waals surface area (Å²) < 4.78 is 12.0. The van der Waals surface area contributed by atoms with E-state index < -0.39 is 11.9 Å². The zero-order valence-corrected chi connectivity index (χ0v) is 39.5. The van der Waals surface area contributed by atoms with E-state index in [-0.39, 0.29) is 13.2 Å². The van der Waals surface area contributed by atoms with Crippen LogP contribution in [0.1, 0.15) is 54.1 Å². The molecule has 6 aliphatic rings. The number of rotatable bonds is 0. The first-order valence-corrected chi connectivity index (χ1v) is 26.4. The molecule has 8 aromatic carbocycles. The van der Waals surface area contributed by atoms with Crippen LogP contribution in [0.15, 0.2) is 192 Å². The van der Waals surface area contributed by atoms with Gasteiger partial charge in [-0.2, -0.15) is 23.5 Å². The fourth-order valence-corrected chi connectivity index (χ4v) is 12.2. The molecule has 14 rings (SSSR count). The Labute approximate surface area is 404 Å². The summed E-state index contributed by atoms with van der Waals surface area (Å²) in [6.45, 7) is -0.113. The van der Waals surface area contributed by atoms with Crippen molar-refractivity contribution >= 4 is 59.0 Å². The first-order chi connectivity index (χ1) is 32.5. The van der Waals surface area contributed by atoms with E-state index in [2.05, 4.69) is 146 Å². The van der Waals surface area contributed by atoms with Crippen LogP contribution in [-0.4, -0.2) is 25.2 Å². The van der Waals surface area contributed by atoms with Gasteiger partial charge in [-0.3, -0.25) is 0 Å². The predicted molar refractivity (Wildman–Crippen MR) is 277 cm³/mol. The molecular weight excluding hydrogens is 889 g/mol. The lowest BCUT2D eigenvalue weighted by molar-refractivity contribution is 0.0263. The van der Waals surface area contributed by atoms with Crippen molar-refractivity contribution in [1.29, 1.82) is 0 Å². The van der Waals surface area contributed by atoms with E-state index in [1.54, 1.807) is 47.0 Å². The van der Waals surface area contributed by atoms with Gasteiger partial charge in [0.2, 0.25) is 0 Å². The highest BCUT2D eigenvalue weighted by molar-refractivity contribution is 7.99. The van der Waals surface area contributed by atoms with Crippen molar-refractivity contribution in [3.63, 3.8) is 0 Å². The Morgan fingerprint density at radius 2 is 0.636 bits per heavy atom. The average Bonchev–Trinajstić information content (AvgIpc) is 3.36. The van der Waals surface area contributed by atoms with E-state index >= 15 is 0 Å². The summed E-state index contributed by atoms with van der Waals surface area (Å²) in [6, 6.07) is 64.5. The van der Waals surface area contributed by atoms with Gasteiger partial charge in [-0.25, -0.2) is 9.59 Å². The number of esters is 2. The van der Waals surface area contributed by atoms with E-state index in [9.17, 15) is 9.59 Å². The van der Waals surface area contributed by atoms with E-state index in [0.717, 1.165) is 65.8 Å². The molecule has 14 bridgehead atoms. The second-order valence-electron chi connectivity index (χ2n) is 16.3. The van der Waals surface area contributed by atoms with Crippen molar-refractivity contribution in [1.82, 2.24) is 0 Å². The third-order valence-electron chi connectivity index (χ3n) is 11.9. The van der Waals surface area contributed by atoms with Gasteiger partial charge in [-0.05, 0) is 114 Å². The Morgan fingerprint density at radius 1 is 0.318 bits per heavy atom. The lowest BCUT2D eigenvalue weighted by Crippen LogP contribution is -2.18. The maximum Gasteiger partial charge on any atom is 0.338 e. The summed E-state index contributed by atoms with van der Waals surface area (Å²) in [5, 5.41) is 0. The first-order valence-electron chi connectivity index (χ1n) is 22.1. The van der Waals surface area contributed by atoms with Crippen LogP contribution in [0.2, 0.25) is 0 Å². The van der Waals surface area contributed by atoms with Crippen molar-refractivity contribution in [3.8, 4) is 44.5 Å². The maximum atomic E-state index is 14.2. The Bertz CT molecular complexity index is 2800. The number of benzene rings is 8. The molecule has 0 saturated carbocycles. The van der Waals surface area contributed by atoms with Crippen LogP contribution in [0.5, 0.6) is 0 Å². The van der Waals surface area contributed by atoms with Crippen LogP contribution in [0.3, 0.4) is 0 Å². The second kappa shape index (κ2) is 20.7. The number of carbonyl (C=O) groups excluding carboxylic acids is 2. The van der Waals surface area contributed by atoms with Gasteiger partial charge in [0.05, 0.1) is 11.1 Å².